The normalized spacial score (nSPS) is 11.8. The first kappa shape index (κ1) is 17.9. The maximum Gasteiger partial charge on any atom is 0.246 e. The molecule has 0 fully saturated rings. The van der Waals surface area contributed by atoms with Crippen LogP contribution in [0.5, 0.6) is 0 Å². The number of nitrogens with one attached hydrogen (secondary N) is 1. The summed E-state index contributed by atoms with van der Waals surface area (Å²) in [5, 5.41) is 12.2. The monoisotopic (exact) mass is 315 g/mol. The van der Waals surface area contributed by atoms with Crippen LogP contribution < -0.4 is 5.32 Å². The van der Waals surface area contributed by atoms with Crippen molar-refractivity contribution in [1.82, 2.24) is 9.29 Å². The van der Waals surface area contributed by atoms with Crippen molar-refractivity contribution in [2.24, 2.45) is 0 Å². The van der Waals surface area contributed by atoms with E-state index in [-0.39, 0.29) is 18.0 Å². The number of nitrogens with zero attached hydrogens (tertiary/aromatic N) is 2. The van der Waals surface area contributed by atoms with Crippen LogP contribution in [0.1, 0.15) is 33.1 Å². The van der Waals surface area contributed by atoms with Crippen LogP contribution in [-0.2, 0) is 10.0 Å². The van der Waals surface area contributed by atoms with Crippen molar-refractivity contribution in [2.45, 2.75) is 38.0 Å². The third kappa shape index (κ3) is 4.94. The minimum atomic E-state index is -3.65. The molecule has 0 radical (unpaired) electrons. The topological polar surface area (TPSA) is 82.5 Å². The van der Waals surface area contributed by atoms with Gasteiger partial charge in [0, 0.05) is 25.8 Å². The second-order valence-electron chi connectivity index (χ2n) is 4.76. The summed E-state index contributed by atoms with van der Waals surface area (Å²) in [6.45, 7) is 4.98. The molecule has 1 aromatic rings. The number of aromatic nitrogens is 1. The molecule has 2 N–H and O–H groups in total. The van der Waals surface area contributed by atoms with E-state index >= 15 is 0 Å². The van der Waals surface area contributed by atoms with Crippen molar-refractivity contribution >= 4 is 15.8 Å². The molecule has 0 spiro atoms. The average molecular weight is 315 g/mol. The molecular formula is C14H25N3O3S. The molecule has 0 aliphatic carbocycles. The van der Waals surface area contributed by atoms with Gasteiger partial charge in [-0.2, -0.15) is 4.31 Å². The molecule has 0 aliphatic rings. The van der Waals surface area contributed by atoms with Gasteiger partial charge in [-0.1, -0.05) is 20.3 Å². The number of pyridine rings is 1. The van der Waals surface area contributed by atoms with E-state index in [9.17, 15) is 8.42 Å². The van der Waals surface area contributed by atoms with Crippen molar-refractivity contribution in [3.05, 3.63) is 18.3 Å². The van der Waals surface area contributed by atoms with Gasteiger partial charge in [0.15, 0.2) is 0 Å². The molecule has 120 valence electrons. The second kappa shape index (κ2) is 8.96. The zero-order chi connectivity index (χ0) is 15.7. The first-order valence-electron chi connectivity index (χ1n) is 7.37. The predicted octanol–water partition coefficient (Wildman–Crippen LogP) is 1.69. The fourth-order valence-electron chi connectivity index (χ4n) is 1.91. The summed E-state index contributed by atoms with van der Waals surface area (Å²) in [5.41, 5.74) is 0. The standard InChI is InChI=1S/C14H25N3O3S/c1-3-5-10-17(11-12-18)21(19,20)13-7-6-9-16-14(13)15-8-4-2/h6-7,9,18H,3-5,8,10-12H2,1-2H3,(H,15,16). The number of sulfonamides is 1. The molecule has 1 rings (SSSR count). The van der Waals surface area contributed by atoms with Gasteiger partial charge in [-0.15, -0.1) is 0 Å². The Morgan fingerprint density at radius 1 is 1.29 bits per heavy atom. The first-order chi connectivity index (χ1) is 10.1. The lowest BCUT2D eigenvalue weighted by Gasteiger charge is -2.22. The zero-order valence-electron chi connectivity index (χ0n) is 12.7. The van der Waals surface area contributed by atoms with Gasteiger partial charge in [0.1, 0.15) is 10.7 Å². The SMILES string of the molecule is CCCCN(CCO)S(=O)(=O)c1cccnc1NCCC. The molecule has 0 saturated carbocycles. The lowest BCUT2D eigenvalue weighted by Crippen LogP contribution is -2.35. The summed E-state index contributed by atoms with van der Waals surface area (Å²) in [6, 6.07) is 3.16. The maximum atomic E-state index is 12.7. The number of hydrogen-bond donors (Lipinski definition) is 2. The van der Waals surface area contributed by atoms with E-state index in [1.807, 2.05) is 13.8 Å². The highest BCUT2D eigenvalue weighted by molar-refractivity contribution is 7.89. The van der Waals surface area contributed by atoms with Gasteiger partial charge < -0.3 is 10.4 Å². The molecule has 7 heteroatoms. The Kier molecular flexibility index (Phi) is 7.63. The van der Waals surface area contributed by atoms with Crippen LogP contribution in [0.15, 0.2) is 23.2 Å². The largest absolute Gasteiger partial charge is 0.395 e. The van der Waals surface area contributed by atoms with E-state index in [1.54, 1.807) is 18.3 Å². The average Bonchev–Trinajstić information content (AvgIpc) is 2.49. The van der Waals surface area contributed by atoms with E-state index < -0.39 is 10.0 Å². The Balaban J connectivity index is 3.08. The Hall–Kier alpha value is -1.18. The number of rotatable bonds is 10. The first-order valence-corrected chi connectivity index (χ1v) is 8.81. The van der Waals surface area contributed by atoms with Gasteiger partial charge in [-0.25, -0.2) is 13.4 Å². The number of aliphatic hydroxyl groups is 1. The highest BCUT2D eigenvalue weighted by Gasteiger charge is 2.26. The fraction of sp³-hybridized carbons (Fsp3) is 0.643. The molecule has 0 atom stereocenters. The van der Waals surface area contributed by atoms with Crippen LogP contribution in [0.4, 0.5) is 5.82 Å². The van der Waals surface area contributed by atoms with Gasteiger partial charge in [-0.3, -0.25) is 0 Å². The van der Waals surface area contributed by atoms with E-state index in [2.05, 4.69) is 10.3 Å². The van der Waals surface area contributed by atoms with Crippen LogP contribution in [0, 0.1) is 0 Å². The molecule has 0 aromatic carbocycles. The summed E-state index contributed by atoms with van der Waals surface area (Å²) < 4.78 is 26.8. The molecule has 1 aromatic heterocycles. The fourth-order valence-corrected chi connectivity index (χ4v) is 3.50. The smallest absolute Gasteiger partial charge is 0.246 e. The zero-order valence-corrected chi connectivity index (χ0v) is 13.6. The summed E-state index contributed by atoms with van der Waals surface area (Å²) in [6.07, 6.45) is 4.11. The summed E-state index contributed by atoms with van der Waals surface area (Å²) in [5.74, 6) is 0.374. The number of unbranched alkanes of at least 4 members (excludes halogenated alkanes) is 1. The lowest BCUT2D eigenvalue weighted by molar-refractivity contribution is 0.252. The second-order valence-corrected chi connectivity index (χ2v) is 6.66. The third-order valence-electron chi connectivity index (χ3n) is 3.04. The Morgan fingerprint density at radius 3 is 2.67 bits per heavy atom. The quantitative estimate of drug-likeness (QED) is 0.686. The van der Waals surface area contributed by atoms with Crippen molar-refractivity contribution in [3.8, 4) is 0 Å². The molecular weight excluding hydrogens is 290 g/mol. The number of anilines is 1. The van der Waals surface area contributed by atoms with Gasteiger partial charge in [-0.05, 0) is 25.0 Å². The Labute approximate surface area is 127 Å². The lowest BCUT2D eigenvalue weighted by atomic mass is 10.3. The minimum Gasteiger partial charge on any atom is -0.395 e. The summed E-state index contributed by atoms with van der Waals surface area (Å²) >= 11 is 0. The van der Waals surface area contributed by atoms with Crippen LogP contribution in [-0.4, -0.2) is 49.1 Å². The molecule has 0 bridgehead atoms. The van der Waals surface area contributed by atoms with Gasteiger partial charge >= 0.3 is 0 Å². The third-order valence-corrected chi connectivity index (χ3v) is 4.97. The molecule has 21 heavy (non-hydrogen) atoms. The Morgan fingerprint density at radius 2 is 2.05 bits per heavy atom. The predicted molar refractivity (Wildman–Crippen MR) is 83.8 cm³/mol. The summed E-state index contributed by atoms with van der Waals surface area (Å²) in [7, 11) is -3.65. The maximum absolute atomic E-state index is 12.7. The van der Waals surface area contributed by atoms with Crippen LogP contribution >= 0.6 is 0 Å². The van der Waals surface area contributed by atoms with Gasteiger partial charge in [0.25, 0.3) is 0 Å². The summed E-state index contributed by atoms with van der Waals surface area (Å²) in [4.78, 5) is 4.30. The Bertz CT molecular complexity index is 520. The van der Waals surface area contributed by atoms with E-state index in [1.165, 1.54) is 4.31 Å². The molecule has 1 heterocycles. The molecule has 0 unspecified atom stereocenters. The van der Waals surface area contributed by atoms with Crippen LogP contribution in [0.2, 0.25) is 0 Å². The molecule has 6 nitrogen and oxygen atoms in total. The highest BCUT2D eigenvalue weighted by Crippen LogP contribution is 2.22. The highest BCUT2D eigenvalue weighted by atomic mass is 32.2. The minimum absolute atomic E-state index is 0.102. The van der Waals surface area contributed by atoms with Crippen molar-refractivity contribution in [3.63, 3.8) is 0 Å². The number of hydrogen-bond acceptors (Lipinski definition) is 5. The molecule has 0 amide bonds. The van der Waals surface area contributed by atoms with Crippen molar-refractivity contribution in [2.75, 3.05) is 31.6 Å². The van der Waals surface area contributed by atoms with Crippen LogP contribution in [0.3, 0.4) is 0 Å². The van der Waals surface area contributed by atoms with E-state index in [0.29, 0.717) is 18.9 Å². The van der Waals surface area contributed by atoms with E-state index in [0.717, 1.165) is 19.3 Å². The van der Waals surface area contributed by atoms with Crippen molar-refractivity contribution in [1.29, 1.82) is 0 Å². The van der Waals surface area contributed by atoms with Crippen LogP contribution in [0.25, 0.3) is 0 Å². The van der Waals surface area contributed by atoms with Crippen molar-refractivity contribution < 1.29 is 13.5 Å². The van der Waals surface area contributed by atoms with E-state index in [4.69, 9.17) is 5.11 Å². The van der Waals surface area contributed by atoms with Gasteiger partial charge in [0.2, 0.25) is 10.0 Å². The molecule has 0 aliphatic heterocycles. The molecule has 0 saturated heterocycles. The number of aliphatic hydroxyl groups excluding tert-OH is 1. The van der Waals surface area contributed by atoms with Gasteiger partial charge in [0.05, 0.1) is 6.61 Å².